The predicted molar refractivity (Wildman–Crippen MR) is 81.0 cm³/mol. The topological polar surface area (TPSA) is 45.6 Å². The van der Waals surface area contributed by atoms with Crippen molar-refractivity contribution in [2.75, 3.05) is 13.7 Å². The fourth-order valence-electron chi connectivity index (χ4n) is 3.06. The summed E-state index contributed by atoms with van der Waals surface area (Å²) in [5.74, 6) is 0.333. The van der Waals surface area contributed by atoms with E-state index in [0.29, 0.717) is 25.4 Å². The number of methoxy groups -OCH3 is 1. The number of benzene rings is 1. The van der Waals surface area contributed by atoms with Crippen LogP contribution in [0.1, 0.15) is 23.6 Å². The first-order valence-electron chi connectivity index (χ1n) is 7.33. The number of nitrogens with zero attached hydrogens (tertiary/aromatic N) is 2. The lowest BCUT2D eigenvalue weighted by atomic mass is 10.0. The van der Waals surface area contributed by atoms with Crippen molar-refractivity contribution in [3.05, 3.63) is 59.5 Å². The van der Waals surface area contributed by atoms with Gasteiger partial charge in [0.2, 0.25) is 5.88 Å². The number of rotatable bonds is 4. The summed E-state index contributed by atoms with van der Waals surface area (Å²) in [5.41, 5.74) is 1.85. The van der Waals surface area contributed by atoms with Crippen molar-refractivity contribution in [3.8, 4) is 5.88 Å². The van der Waals surface area contributed by atoms with Crippen LogP contribution in [0.25, 0.3) is 0 Å². The first-order chi connectivity index (χ1) is 10.7. The maximum absolute atomic E-state index is 13.5. The van der Waals surface area contributed by atoms with Crippen molar-refractivity contribution in [2.45, 2.75) is 25.1 Å². The molecule has 3 rings (SSSR count). The van der Waals surface area contributed by atoms with Crippen LogP contribution < -0.4 is 4.74 Å². The number of aromatic nitrogens is 1. The molecule has 2 heterocycles. The monoisotopic (exact) mass is 302 g/mol. The smallest absolute Gasteiger partial charge is 0.217 e. The summed E-state index contributed by atoms with van der Waals surface area (Å²) >= 11 is 0. The highest BCUT2D eigenvalue weighted by molar-refractivity contribution is 5.27. The second-order valence-electron chi connectivity index (χ2n) is 5.56. The summed E-state index contributed by atoms with van der Waals surface area (Å²) in [5, 5.41) is 10.0. The van der Waals surface area contributed by atoms with Crippen LogP contribution in [0, 0.1) is 5.82 Å². The second-order valence-corrected chi connectivity index (χ2v) is 5.56. The normalized spacial score (nSPS) is 22.0. The molecule has 0 amide bonds. The van der Waals surface area contributed by atoms with E-state index in [-0.39, 0.29) is 11.9 Å². The first-order valence-corrected chi connectivity index (χ1v) is 7.33. The van der Waals surface area contributed by atoms with E-state index in [1.165, 1.54) is 12.1 Å². The maximum atomic E-state index is 13.5. The van der Waals surface area contributed by atoms with E-state index >= 15 is 0 Å². The van der Waals surface area contributed by atoms with Gasteiger partial charge in [-0.2, -0.15) is 0 Å². The van der Waals surface area contributed by atoms with Gasteiger partial charge >= 0.3 is 0 Å². The molecule has 0 saturated carbocycles. The van der Waals surface area contributed by atoms with Crippen molar-refractivity contribution in [2.24, 2.45) is 0 Å². The molecule has 0 radical (unpaired) electrons. The van der Waals surface area contributed by atoms with Gasteiger partial charge in [-0.15, -0.1) is 0 Å². The molecule has 2 aromatic rings. The molecule has 5 heteroatoms. The molecule has 1 aliphatic rings. The minimum Gasteiger partial charge on any atom is -0.481 e. The number of ether oxygens (including phenoxy) is 1. The highest BCUT2D eigenvalue weighted by Gasteiger charge is 2.32. The molecular formula is C17H19FN2O2. The molecule has 0 unspecified atom stereocenters. The summed E-state index contributed by atoms with van der Waals surface area (Å²) in [6.45, 7) is 1.16. The number of pyridine rings is 1. The van der Waals surface area contributed by atoms with E-state index in [1.54, 1.807) is 19.4 Å². The molecule has 22 heavy (non-hydrogen) atoms. The Morgan fingerprint density at radius 2 is 2.23 bits per heavy atom. The zero-order valence-corrected chi connectivity index (χ0v) is 12.4. The zero-order chi connectivity index (χ0) is 15.5. The molecule has 1 N–H and O–H groups in total. The quantitative estimate of drug-likeness (QED) is 0.943. The van der Waals surface area contributed by atoms with Crippen LogP contribution in [-0.2, 0) is 6.54 Å². The Balaban J connectivity index is 1.85. The molecule has 0 aliphatic carbocycles. The fourth-order valence-corrected chi connectivity index (χ4v) is 3.06. The number of hydrogen-bond donors (Lipinski definition) is 1. The van der Waals surface area contributed by atoms with E-state index in [1.807, 2.05) is 18.2 Å². The number of likely N-dealkylation sites (tertiary alicyclic amines) is 1. The van der Waals surface area contributed by atoms with E-state index in [4.69, 9.17) is 4.74 Å². The summed E-state index contributed by atoms with van der Waals surface area (Å²) in [7, 11) is 1.59. The number of halogens is 1. The molecule has 1 aliphatic heterocycles. The van der Waals surface area contributed by atoms with E-state index in [2.05, 4.69) is 9.88 Å². The third-order valence-corrected chi connectivity index (χ3v) is 4.03. The minimum absolute atomic E-state index is 0.00406. The molecule has 1 aromatic carbocycles. The van der Waals surface area contributed by atoms with Gasteiger partial charge in [-0.3, -0.25) is 4.90 Å². The van der Waals surface area contributed by atoms with Crippen molar-refractivity contribution >= 4 is 0 Å². The lowest BCUT2D eigenvalue weighted by molar-refractivity contribution is 0.172. The Bertz CT molecular complexity index is 650. The summed E-state index contributed by atoms with van der Waals surface area (Å²) in [4.78, 5) is 6.34. The van der Waals surface area contributed by atoms with Crippen molar-refractivity contribution < 1.29 is 14.2 Å². The third-order valence-electron chi connectivity index (χ3n) is 4.03. The highest BCUT2D eigenvalue weighted by atomic mass is 19.1. The summed E-state index contributed by atoms with van der Waals surface area (Å²) < 4.78 is 18.8. The second kappa shape index (κ2) is 6.42. The van der Waals surface area contributed by atoms with E-state index < -0.39 is 6.10 Å². The Labute approximate surface area is 129 Å². The SMILES string of the molecule is COc1ncccc1CN1C[C@H](O)C[C@H]1c1cccc(F)c1. The van der Waals surface area contributed by atoms with Crippen LogP contribution in [0.4, 0.5) is 4.39 Å². The van der Waals surface area contributed by atoms with Crippen LogP contribution in [0.5, 0.6) is 5.88 Å². The Hall–Kier alpha value is -1.98. The van der Waals surface area contributed by atoms with Gasteiger partial charge in [0, 0.05) is 30.9 Å². The average molecular weight is 302 g/mol. The van der Waals surface area contributed by atoms with Crippen LogP contribution in [0.15, 0.2) is 42.6 Å². The van der Waals surface area contributed by atoms with Gasteiger partial charge in [-0.1, -0.05) is 18.2 Å². The fraction of sp³-hybridized carbons (Fsp3) is 0.353. The molecule has 4 nitrogen and oxygen atoms in total. The Kier molecular flexibility index (Phi) is 4.36. The average Bonchev–Trinajstić information content (AvgIpc) is 2.88. The van der Waals surface area contributed by atoms with E-state index in [0.717, 1.165) is 11.1 Å². The Morgan fingerprint density at radius 3 is 3.00 bits per heavy atom. The van der Waals surface area contributed by atoms with Gasteiger partial charge in [0.25, 0.3) is 0 Å². The van der Waals surface area contributed by atoms with Crippen LogP contribution in [0.3, 0.4) is 0 Å². The molecule has 0 bridgehead atoms. The van der Waals surface area contributed by atoms with Gasteiger partial charge in [-0.25, -0.2) is 9.37 Å². The van der Waals surface area contributed by atoms with Crippen LogP contribution in [0.2, 0.25) is 0 Å². The van der Waals surface area contributed by atoms with Gasteiger partial charge in [0.05, 0.1) is 13.2 Å². The molecule has 1 fully saturated rings. The number of aliphatic hydroxyl groups is 1. The molecule has 1 aromatic heterocycles. The van der Waals surface area contributed by atoms with E-state index in [9.17, 15) is 9.50 Å². The molecule has 0 spiro atoms. The lowest BCUT2D eigenvalue weighted by Crippen LogP contribution is -2.24. The highest BCUT2D eigenvalue weighted by Crippen LogP contribution is 2.34. The predicted octanol–water partition coefficient (Wildman–Crippen LogP) is 2.54. The first kappa shape index (κ1) is 14.9. The molecular weight excluding hydrogens is 283 g/mol. The largest absolute Gasteiger partial charge is 0.481 e. The van der Waals surface area contributed by atoms with Crippen LogP contribution >= 0.6 is 0 Å². The number of β-amino-alcohol motifs (C(OH)–C–C–N with tert-alkyl or cyclic N) is 1. The molecule has 116 valence electrons. The zero-order valence-electron chi connectivity index (χ0n) is 12.4. The third kappa shape index (κ3) is 3.10. The van der Waals surface area contributed by atoms with Crippen molar-refractivity contribution in [1.29, 1.82) is 0 Å². The van der Waals surface area contributed by atoms with Crippen molar-refractivity contribution in [1.82, 2.24) is 9.88 Å². The standard InChI is InChI=1S/C17H19FN2O2/c1-22-17-13(5-3-7-19-17)10-20-11-15(21)9-16(20)12-4-2-6-14(18)8-12/h2-8,15-16,21H,9-11H2,1H3/t15-,16+/m1/s1. The van der Waals surface area contributed by atoms with Gasteiger partial charge < -0.3 is 9.84 Å². The number of hydrogen-bond acceptors (Lipinski definition) is 4. The minimum atomic E-state index is -0.407. The molecule has 1 saturated heterocycles. The van der Waals surface area contributed by atoms with Gasteiger partial charge in [-0.05, 0) is 30.2 Å². The number of aliphatic hydroxyl groups excluding tert-OH is 1. The van der Waals surface area contributed by atoms with Crippen molar-refractivity contribution in [3.63, 3.8) is 0 Å². The summed E-state index contributed by atoms with van der Waals surface area (Å²) in [6, 6.07) is 10.4. The maximum Gasteiger partial charge on any atom is 0.217 e. The van der Waals surface area contributed by atoms with Crippen LogP contribution in [-0.4, -0.2) is 34.7 Å². The summed E-state index contributed by atoms with van der Waals surface area (Å²) in [6.07, 6.45) is 1.88. The van der Waals surface area contributed by atoms with Gasteiger partial charge in [0.1, 0.15) is 5.82 Å². The lowest BCUT2D eigenvalue weighted by Gasteiger charge is -2.25. The van der Waals surface area contributed by atoms with Gasteiger partial charge in [0.15, 0.2) is 0 Å². The Morgan fingerprint density at radius 1 is 1.36 bits per heavy atom. The molecule has 2 atom stereocenters.